The van der Waals surface area contributed by atoms with E-state index >= 15 is 0 Å². The number of rotatable bonds is 7. The first-order valence-corrected chi connectivity index (χ1v) is 7.78. The third-order valence-corrected chi connectivity index (χ3v) is 4.81. The van der Waals surface area contributed by atoms with Crippen molar-refractivity contribution in [3.8, 4) is 0 Å². The highest BCUT2D eigenvalue weighted by Gasteiger charge is 2.23. The van der Waals surface area contributed by atoms with Crippen LogP contribution in [0, 0.1) is 5.92 Å². The van der Waals surface area contributed by atoms with Gasteiger partial charge in [-0.15, -0.1) is 0 Å². The molecule has 8 heteroatoms. The second-order valence-corrected chi connectivity index (χ2v) is 6.89. The molecule has 118 valence electrons. The number of alkyl halides is 2. The van der Waals surface area contributed by atoms with Gasteiger partial charge in [0.2, 0.25) is 10.0 Å². The minimum absolute atomic E-state index is 0.146. The molecule has 1 atom stereocenters. The van der Waals surface area contributed by atoms with Gasteiger partial charge in [0.05, 0.1) is 11.7 Å². The Morgan fingerprint density at radius 1 is 1.29 bits per heavy atom. The molecule has 1 aromatic rings. The molecule has 0 bridgehead atoms. The summed E-state index contributed by atoms with van der Waals surface area (Å²) >= 11 is 0. The summed E-state index contributed by atoms with van der Waals surface area (Å²) in [6.07, 6.45) is -2.60. The van der Waals surface area contributed by atoms with Crippen LogP contribution in [-0.2, 0) is 20.6 Å². The normalized spacial score (nSPS) is 13.6. The Kier molecular flexibility index (Phi) is 5.79. The van der Waals surface area contributed by atoms with E-state index < -0.39 is 28.3 Å². The molecule has 0 spiro atoms. The molecule has 1 N–H and O–H groups in total. The second kappa shape index (κ2) is 6.95. The van der Waals surface area contributed by atoms with Gasteiger partial charge < -0.3 is 5.11 Å². The van der Waals surface area contributed by atoms with Crippen LogP contribution in [0.2, 0.25) is 0 Å². The Labute approximate surface area is 122 Å². The van der Waals surface area contributed by atoms with Crippen molar-refractivity contribution < 1.29 is 27.1 Å². The molecule has 0 fully saturated rings. The number of carboxylic acids is 1. The molecule has 0 aliphatic heterocycles. The third kappa shape index (κ3) is 5.05. The third-order valence-electron chi connectivity index (χ3n) is 3.01. The van der Waals surface area contributed by atoms with E-state index in [4.69, 9.17) is 5.11 Å². The zero-order valence-corrected chi connectivity index (χ0v) is 12.5. The van der Waals surface area contributed by atoms with Crippen LogP contribution < -0.4 is 0 Å². The predicted molar refractivity (Wildman–Crippen MR) is 73.5 cm³/mol. The van der Waals surface area contributed by atoms with Crippen LogP contribution in [-0.4, -0.2) is 37.4 Å². The molecular weight excluding hydrogens is 304 g/mol. The Morgan fingerprint density at radius 3 is 2.24 bits per heavy atom. The Bertz CT molecular complexity index is 587. The summed E-state index contributed by atoms with van der Waals surface area (Å²) in [5.41, 5.74) is 0.193. The molecule has 1 aromatic carbocycles. The van der Waals surface area contributed by atoms with Crippen molar-refractivity contribution in [2.24, 2.45) is 5.92 Å². The van der Waals surface area contributed by atoms with Crippen molar-refractivity contribution in [1.29, 1.82) is 0 Å². The predicted octanol–water partition coefficient (Wildman–Crippen LogP) is 2.11. The monoisotopic (exact) mass is 321 g/mol. The van der Waals surface area contributed by atoms with E-state index in [2.05, 4.69) is 0 Å². The van der Waals surface area contributed by atoms with Gasteiger partial charge >= 0.3 is 5.97 Å². The summed E-state index contributed by atoms with van der Waals surface area (Å²) in [4.78, 5) is 10.7. The van der Waals surface area contributed by atoms with Crippen molar-refractivity contribution in [2.75, 3.05) is 13.6 Å². The molecule has 0 aliphatic rings. The highest BCUT2D eigenvalue weighted by Crippen LogP contribution is 2.20. The van der Waals surface area contributed by atoms with Crippen molar-refractivity contribution >= 4 is 16.0 Å². The average molecular weight is 321 g/mol. The smallest absolute Gasteiger partial charge is 0.307 e. The van der Waals surface area contributed by atoms with Crippen molar-refractivity contribution in [3.63, 3.8) is 0 Å². The highest BCUT2D eigenvalue weighted by atomic mass is 32.2. The van der Waals surface area contributed by atoms with Crippen LogP contribution in [0.1, 0.15) is 24.5 Å². The van der Waals surface area contributed by atoms with E-state index in [0.717, 1.165) is 4.31 Å². The maximum atomic E-state index is 12.4. The van der Waals surface area contributed by atoms with E-state index in [-0.39, 0.29) is 17.9 Å². The minimum Gasteiger partial charge on any atom is -0.481 e. The maximum Gasteiger partial charge on any atom is 0.307 e. The first-order chi connectivity index (χ1) is 9.63. The number of halogens is 2. The molecule has 21 heavy (non-hydrogen) atoms. The zero-order valence-electron chi connectivity index (χ0n) is 11.7. The molecule has 0 aliphatic carbocycles. The van der Waals surface area contributed by atoms with Crippen LogP contribution in [0.25, 0.3) is 0 Å². The molecule has 0 aromatic heterocycles. The number of nitrogens with zero attached hydrogens (tertiary/aromatic N) is 1. The summed E-state index contributed by atoms with van der Waals surface area (Å²) in [6.45, 7) is 1.26. The summed E-state index contributed by atoms with van der Waals surface area (Å²) in [6, 6.07) is 5.01. The lowest BCUT2D eigenvalue weighted by molar-refractivity contribution is -0.141. The Morgan fingerprint density at radius 2 is 1.81 bits per heavy atom. The highest BCUT2D eigenvalue weighted by molar-refractivity contribution is 7.88. The van der Waals surface area contributed by atoms with Crippen LogP contribution in [0.4, 0.5) is 8.78 Å². The van der Waals surface area contributed by atoms with Gasteiger partial charge in [0.25, 0.3) is 6.43 Å². The fourth-order valence-electron chi connectivity index (χ4n) is 1.66. The van der Waals surface area contributed by atoms with Crippen LogP contribution in [0.15, 0.2) is 24.3 Å². The summed E-state index contributed by atoms with van der Waals surface area (Å²) in [7, 11) is -2.40. The number of sulfonamides is 1. The number of hydrogen-bond acceptors (Lipinski definition) is 3. The second-order valence-electron chi connectivity index (χ2n) is 4.82. The van der Waals surface area contributed by atoms with Gasteiger partial charge in [-0.05, 0) is 5.56 Å². The van der Waals surface area contributed by atoms with Gasteiger partial charge in [-0.2, -0.15) is 0 Å². The molecule has 0 heterocycles. The van der Waals surface area contributed by atoms with E-state index in [1.807, 2.05) is 0 Å². The number of benzene rings is 1. The van der Waals surface area contributed by atoms with Crippen LogP contribution >= 0.6 is 0 Å². The van der Waals surface area contributed by atoms with Gasteiger partial charge in [0, 0.05) is 19.2 Å². The standard InChI is InChI=1S/C13H17F2NO4S/c1-9(13(17)18)7-16(2)21(19,20)8-10-3-5-11(6-4-10)12(14)15/h3-6,9,12H,7-8H2,1-2H3,(H,17,18). The first-order valence-electron chi connectivity index (χ1n) is 6.17. The number of carboxylic acid groups (broad SMARTS) is 1. The van der Waals surface area contributed by atoms with Gasteiger partial charge in [-0.3, -0.25) is 4.79 Å². The van der Waals surface area contributed by atoms with Crippen molar-refractivity contribution in [2.45, 2.75) is 19.1 Å². The van der Waals surface area contributed by atoms with Gasteiger partial charge in [-0.1, -0.05) is 31.2 Å². The molecule has 0 saturated heterocycles. The molecule has 0 saturated carbocycles. The summed E-state index contributed by atoms with van der Waals surface area (Å²) in [5.74, 6) is -2.27. The quantitative estimate of drug-likeness (QED) is 0.834. The van der Waals surface area contributed by atoms with E-state index in [1.54, 1.807) is 0 Å². The molecule has 5 nitrogen and oxygen atoms in total. The van der Waals surface area contributed by atoms with Gasteiger partial charge in [0.15, 0.2) is 0 Å². The average Bonchev–Trinajstić information content (AvgIpc) is 2.38. The van der Waals surface area contributed by atoms with E-state index in [0.29, 0.717) is 5.56 Å². The fourth-order valence-corrected chi connectivity index (χ4v) is 2.94. The summed E-state index contributed by atoms with van der Waals surface area (Å²) in [5, 5.41) is 8.78. The van der Waals surface area contributed by atoms with Gasteiger partial charge in [0.1, 0.15) is 0 Å². The lowest BCUT2D eigenvalue weighted by Crippen LogP contribution is -2.34. The maximum absolute atomic E-state index is 12.4. The molecule has 1 unspecified atom stereocenters. The fraction of sp³-hybridized carbons (Fsp3) is 0.462. The number of hydrogen-bond donors (Lipinski definition) is 1. The zero-order chi connectivity index (χ0) is 16.2. The van der Waals surface area contributed by atoms with E-state index in [1.165, 1.54) is 38.2 Å². The van der Waals surface area contributed by atoms with Crippen molar-refractivity contribution in [3.05, 3.63) is 35.4 Å². The molecular formula is C13H17F2NO4S. The molecule has 0 amide bonds. The number of aliphatic carboxylic acids is 1. The lowest BCUT2D eigenvalue weighted by atomic mass is 10.2. The molecule has 1 rings (SSSR count). The van der Waals surface area contributed by atoms with Gasteiger partial charge in [-0.25, -0.2) is 21.5 Å². The SMILES string of the molecule is CC(CN(C)S(=O)(=O)Cc1ccc(C(F)F)cc1)C(=O)O. The summed E-state index contributed by atoms with van der Waals surface area (Å²) < 4.78 is 49.9. The van der Waals surface area contributed by atoms with Crippen molar-refractivity contribution in [1.82, 2.24) is 4.31 Å². The number of carbonyl (C=O) groups is 1. The first kappa shape index (κ1) is 17.5. The van der Waals surface area contributed by atoms with Crippen LogP contribution in [0.5, 0.6) is 0 Å². The van der Waals surface area contributed by atoms with Crippen LogP contribution in [0.3, 0.4) is 0 Å². The Balaban J connectivity index is 2.77. The largest absolute Gasteiger partial charge is 0.481 e. The minimum atomic E-state index is -3.69. The molecule has 0 radical (unpaired) electrons. The van der Waals surface area contributed by atoms with E-state index in [9.17, 15) is 22.0 Å². The topological polar surface area (TPSA) is 74.7 Å². The Hall–Kier alpha value is -1.54. The lowest BCUT2D eigenvalue weighted by Gasteiger charge is -2.19.